The van der Waals surface area contributed by atoms with Crippen molar-refractivity contribution in [2.45, 2.75) is 44.8 Å². The minimum atomic E-state index is -1.11. The molecule has 3 N–H and O–H groups in total. The van der Waals surface area contributed by atoms with Gasteiger partial charge in [-0.1, -0.05) is 23.2 Å². The van der Waals surface area contributed by atoms with E-state index in [-0.39, 0.29) is 18.9 Å². The molecule has 0 saturated carbocycles. The van der Waals surface area contributed by atoms with E-state index in [0.717, 1.165) is 0 Å². The number of benzene rings is 3. The molecule has 0 spiro atoms. The molecule has 3 aromatic carbocycles. The number of urea groups is 2. The van der Waals surface area contributed by atoms with E-state index < -0.39 is 23.8 Å². The molecule has 0 unspecified atom stereocenters. The summed E-state index contributed by atoms with van der Waals surface area (Å²) in [5.74, 6) is 0.837. The number of anilines is 2. The second kappa shape index (κ2) is 15.2. The highest BCUT2D eigenvalue weighted by molar-refractivity contribution is 6.31. The number of unbranched alkanes of at least 4 members (excludes halogenated alkanes) is 1. The maximum absolute atomic E-state index is 13.8. The number of amides is 5. The Morgan fingerprint density at radius 2 is 1.61 bits per heavy atom. The summed E-state index contributed by atoms with van der Waals surface area (Å²) in [5.41, 5.74) is 3.04. The molecule has 1 heterocycles. The zero-order valence-electron chi connectivity index (χ0n) is 25.9. The third-order valence-corrected chi connectivity index (χ3v) is 8.00. The van der Waals surface area contributed by atoms with Gasteiger partial charge in [-0.2, -0.15) is 10.2 Å². The Labute approximate surface area is 277 Å². The average molecular weight is 672 g/mol. The zero-order chi connectivity index (χ0) is 33.4. The standard InChI is InChI=1S/C32H36Cl2N6O6/c1-32(2)29(40(44)30(42)36-24-13-9-22(33)10-14-24)39(25-15-11-23(34)12-16-25)31(43)38(32)18-6-5-7-28(41)37-35-20-21-8-17-26(45-3)27(19-21)46-4/h8-17,19-20,29,44H,5-7,18H2,1-4H3,(H,36,42)(H,37,41)/b35-20-/t29-/m0/s1. The van der Waals surface area contributed by atoms with Gasteiger partial charge in [0.05, 0.1) is 26.0 Å². The Morgan fingerprint density at radius 3 is 2.24 bits per heavy atom. The van der Waals surface area contributed by atoms with Crippen molar-refractivity contribution in [3.63, 3.8) is 0 Å². The Kier molecular flexibility index (Phi) is 11.3. The first kappa shape index (κ1) is 34.4. The van der Waals surface area contributed by atoms with E-state index in [2.05, 4.69) is 15.8 Å². The van der Waals surface area contributed by atoms with Crippen molar-refractivity contribution in [2.24, 2.45) is 5.10 Å². The summed E-state index contributed by atoms with van der Waals surface area (Å²) in [6, 6.07) is 16.9. The van der Waals surface area contributed by atoms with Gasteiger partial charge in [0.2, 0.25) is 5.91 Å². The van der Waals surface area contributed by atoms with Crippen molar-refractivity contribution in [1.29, 1.82) is 0 Å². The fourth-order valence-corrected chi connectivity index (χ4v) is 5.38. The van der Waals surface area contributed by atoms with Crippen LogP contribution in [0.3, 0.4) is 0 Å². The van der Waals surface area contributed by atoms with Crippen LogP contribution < -0.4 is 25.1 Å². The number of carbonyl (C=O) groups is 3. The van der Waals surface area contributed by atoms with E-state index in [1.165, 1.54) is 18.2 Å². The van der Waals surface area contributed by atoms with Crippen LogP contribution in [-0.2, 0) is 4.79 Å². The van der Waals surface area contributed by atoms with E-state index >= 15 is 0 Å². The number of hydrogen-bond acceptors (Lipinski definition) is 7. The van der Waals surface area contributed by atoms with Crippen molar-refractivity contribution in [1.82, 2.24) is 15.4 Å². The van der Waals surface area contributed by atoms with Gasteiger partial charge in [-0.25, -0.2) is 15.0 Å². The number of ether oxygens (including phenoxy) is 2. The molecule has 0 aromatic heterocycles. The number of hydrazone groups is 1. The van der Waals surface area contributed by atoms with Crippen LogP contribution in [-0.4, -0.2) is 71.8 Å². The highest BCUT2D eigenvalue weighted by atomic mass is 35.5. The Hall–Kier alpha value is -4.52. The summed E-state index contributed by atoms with van der Waals surface area (Å²) in [7, 11) is 3.08. The SMILES string of the molecule is COc1ccc(/C=N\NC(=O)CCCCN2C(=O)N(c3ccc(Cl)cc3)[C@@H](N(O)C(=O)Nc3ccc(Cl)cc3)C2(C)C)cc1OC. The molecule has 1 fully saturated rings. The third kappa shape index (κ3) is 8.00. The molecule has 1 atom stereocenters. The van der Waals surface area contributed by atoms with E-state index in [0.29, 0.717) is 56.4 Å². The van der Waals surface area contributed by atoms with Gasteiger partial charge in [-0.05, 0) is 99.0 Å². The highest BCUT2D eigenvalue weighted by Crippen LogP contribution is 2.38. The molecule has 0 aliphatic carbocycles. The quantitative estimate of drug-likeness (QED) is 0.0860. The molecular weight excluding hydrogens is 635 g/mol. The number of carbonyl (C=O) groups excluding carboxylic acids is 3. The molecule has 12 nitrogen and oxygen atoms in total. The largest absolute Gasteiger partial charge is 0.493 e. The smallest absolute Gasteiger partial charge is 0.347 e. The van der Waals surface area contributed by atoms with Crippen LogP contribution in [0.15, 0.2) is 71.8 Å². The summed E-state index contributed by atoms with van der Waals surface area (Å²) >= 11 is 12.0. The molecule has 14 heteroatoms. The monoisotopic (exact) mass is 670 g/mol. The lowest BCUT2D eigenvalue weighted by atomic mass is 9.99. The van der Waals surface area contributed by atoms with E-state index in [1.54, 1.807) is 92.6 Å². The summed E-state index contributed by atoms with van der Waals surface area (Å²) in [6.45, 7) is 3.79. The Bertz CT molecular complexity index is 1570. The highest BCUT2D eigenvalue weighted by Gasteiger charge is 2.55. The van der Waals surface area contributed by atoms with Crippen LogP contribution in [0, 0.1) is 0 Å². The molecule has 1 saturated heterocycles. The van der Waals surface area contributed by atoms with Crippen LogP contribution in [0.25, 0.3) is 0 Å². The molecule has 3 aromatic rings. The van der Waals surface area contributed by atoms with Crippen molar-refractivity contribution in [2.75, 3.05) is 31.0 Å². The number of rotatable bonds is 12. The lowest BCUT2D eigenvalue weighted by molar-refractivity contribution is -0.121. The summed E-state index contributed by atoms with van der Waals surface area (Å²) in [6.07, 6.45) is 1.50. The predicted octanol–water partition coefficient (Wildman–Crippen LogP) is 6.60. The van der Waals surface area contributed by atoms with Gasteiger partial charge in [-0.15, -0.1) is 0 Å². The minimum absolute atomic E-state index is 0.172. The van der Waals surface area contributed by atoms with Gasteiger partial charge >= 0.3 is 12.1 Å². The first-order valence-corrected chi connectivity index (χ1v) is 15.2. The molecule has 5 amide bonds. The maximum Gasteiger partial charge on any atom is 0.347 e. The molecule has 0 bridgehead atoms. The normalized spacial score (nSPS) is 15.6. The first-order chi connectivity index (χ1) is 22.0. The van der Waals surface area contributed by atoms with E-state index in [4.69, 9.17) is 32.7 Å². The zero-order valence-corrected chi connectivity index (χ0v) is 27.4. The molecule has 46 heavy (non-hydrogen) atoms. The molecule has 1 aliphatic rings. The fourth-order valence-electron chi connectivity index (χ4n) is 5.13. The van der Waals surface area contributed by atoms with Gasteiger partial charge in [0.15, 0.2) is 17.7 Å². The predicted molar refractivity (Wildman–Crippen MR) is 177 cm³/mol. The number of hydrogen-bond donors (Lipinski definition) is 3. The van der Waals surface area contributed by atoms with Gasteiger partial charge in [0.25, 0.3) is 0 Å². The number of methoxy groups -OCH3 is 2. The fraction of sp³-hybridized carbons (Fsp3) is 0.312. The second-order valence-electron chi connectivity index (χ2n) is 11.0. The lowest BCUT2D eigenvalue weighted by Gasteiger charge is -2.38. The Balaban J connectivity index is 1.40. The van der Waals surface area contributed by atoms with Crippen molar-refractivity contribution < 1.29 is 29.1 Å². The molecule has 0 radical (unpaired) electrons. The van der Waals surface area contributed by atoms with Crippen molar-refractivity contribution in [3.8, 4) is 11.5 Å². The van der Waals surface area contributed by atoms with Crippen LogP contribution in [0.4, 0.5) is 21.0 Å². The summed E-state index contributed by atoms with van der Waals surface area (Å²) < 4.78 is 10.5. The van der Waals surface area contributed by atoms with Crippen LogP contribution in [0.1, 0.15) is 38.7 Å². The molecule has 1 aliphatic heterocycles. The van der Waals surface area contributed by atoms with Crippen LogP contribution in [0.5, 0.6) is 11.5 Å². The number of nitrogens with one attached hydrogen (secondary N) is 2. The number of halogens is 2. The average Bonchev–Trinajstić information content (AvgIpc) is 3.24. The number of hydroxylamine groups is 2. The molecular formula is C32H36Cl2N6O6. The number of nitrogens with zero attached hydrogens (tertiary/aromatic N) is 4. The van der Waals surface area contributed by atoms with E-state index in [9.17, 15) is 19.6 Å². The summed E-state index contributed by atoms with van der Waals surface area (Å²) in [4.78, 5) is 42.4. The van der Waals surface area contributed by atoms with Gasteiger partial charge in [0, 0.05) is 34.4 Å². The van der Waals surface area contributed by atoms with E-state index in [1.807, 2.05) is 0 Å². The minimum Gasteiger partial charge on any atom is -0.493 e. The Morgan fingerprint density at radius 1 is 0.978 bits per heavy atom. The van der Waals surface area contributed by atoms with Gasteiger partial charge < -0.3 is 19.7 Å². The van der Waals surface area contributed by atoms with Crippen LogP contribution in [0.2, 0.25) is 10.0 Å². The maximum atomic E-state index is 13.8. The van der Waals surface area contributed by atoms with Gasteiger partial charge in [0.1, 0.15) is 0 Å². The van der Waals surface area contributed by atoms with Crippen molar-refractivity contribution >= 4 is 58.8 Å². The third-order valence-electron chi connectivity index (χ3n) is 7.50. The van der Waals surface area contributed by atoms with Crippen LogP contribution >= 0.6 is 23.2 Å². The lowest BCUT2D eigenvalue weighted by Crippen LogP contribution is -2.58. The van der Waals surface area contributed by atoms with Gasteiger partial charge in [-0.3, -0.25) is 14.9 Å². The summed E-state index contributed by atoms with van der Waals surface area (Å²) in [5, 5.41) is 19.3. The molecule has 244 valence electrons. The van der Waals surface area contributed by atoms with Crippen molar-refractivity contribution in [3.05, 3.63) is 82.3 Å². The first-order valence-electron chi connectivity index (χ1n) is 14.4. The topological polar surface area (TPSA) is 136 Å². The molecule has 4 rings (SSSR count). The second-order valence-corrected chi connectivity index (χ2v) is 11.8.